The van der Waals surface area contributed by atoms with Crippen molar-refractivity contribution in [3.8, 4) is 5.75 Å². The standard InChI is InChI=1S/C8H4F3IOS/c9-8(10,11)7(14)13-6-3-1-5(12)2-4-6/h1-4H. The van der Waals surface area contributed by atoms with E-state index in [1.165, 1.54) is 12.1 Å². The summed E-state index contributed by atoms with van der Waals surface area (Å²) in [4.78, 5) is 0. The lowest BCUT2D eigenvalue weighted by molar-refractivity contribution is -0.0676. The van der Waals surface area contributed by atoms with Crippen LogP contribution in [0.4, 0.5) is 13.2 Å². The van der Waals surface area contributed by atoms with Gasteiger partial charge in [-0.25, -0.2) is 0 Å². The van der Waals surface area contributed by atoms with Crippen LogP contribution in [0.3, 0.4) is 0 Å². The molecule has 0 amide bonds. The van der Waals surface area contributed by atoms with Crippen molar-refractivity contribution in [3.63, 3.8) is 0 Å². The van der Waals surface area contributed by atoms with Crippen LogP contribution in [0.2, 0.25) is 0 Å². The highest BCUT2D eigenvalue weighted by molar-refractivity contribution is 14.1. The zero-order valence-electron chi connectivity index (χ0n) is 6.64. The first-order valence-electron chi connectivity index (χ1n) is 3.44. The average Bonchev–Trinajstić information content (AvgIpc) is 2.07. The number of hydrogen-bond donors (Lipinski definition) is 0. The lowest BCUT2D eigenvalue weighted by Crippen LogP contribution is -2.25. The zero-order chi connectivity index (χ0) is 10.8. The largest absolute Gasteiger partial charge is 0.460 e. The summed E-state index contributed by atoms with van der Waals surface area (Å²) in [5, 5.41) is -1.38. The number of ether oxygens (including phenoxy) is 1. The molecule has 0 unspecified atom stereocenters. The van der Waals surface area contributed by atoms with E-state index in [9.17, 15) is 13.2 Å². The summed E-state index contributed by atoms with van der Waals surface area (Å²) < 4.78 is 41.2. The molecule has 0 radical (unpaired) electrons. The predicted octanol–water partition coefficient (Wildman–Crippen LogP) is 3.56. The van der Waals surface area contributed by atoms with Gasteiger partial charge in [-0.3, -0.25) is 0 Å². The van der Waals surface area contributed by atoms with Gasteiger partial charge in [0.15, 0.2) is 0 Å². The van der Waals surface area contributed by atoms with E-state index >= 15 is 0 Å². The number of rotatable bonds is 1. The maximum Gasteiger partial charge on any atom is 0.460 e. The summed E-state index contributed by atoms with van der Waals surface area (Å²) in [6.45, 7) is 0. The number of thiocarbonyl (C=S) groups is 1. The molecule has 1 aromatic rings. The highest BCUT2D eigenvalue weighted by Crippen LogP contribution is 2.21. The molecule has 0 aliphatic heterocycles. The van der Waals surface area contributed by atoms with Gasteiger partial charge in [0.05, 0.1) is 0 Å². The monoisotopic (exact) mass is 332 g/mol. The van der Waals surface area contributed by atoms with Crippen molar-refractivity contribution in [2.24, 2.45) is 0 Å². The fraction of sp³-hybridized carbons (Fsp3) is 0.125. The lowest BCUT2D eigenvalue weighted by Gasteiger charge is -2.09. The van der Waals surface area contributed by atoms with E-state index in [1.54, 1.807) is 12.1 Å². The van der Waals surface area contributed by atoms with Gasteiger partial charge < -0.3 is 4.74 Å². The van der Waals surface area contributed by atoms with E-state index in [1.807, 2.05) is 22.6 Å². The van der Waals surface area contributed by atoms with Crippen LogP contribution in [0.25, 0.3) is 0 Å². The minimum absolute atomic E-state index is 0.0905. The molecule has 0 aromatic heterocycles. The maximum atomic E-state index is 11.9. The van der Waals surface area contributed by atoms with E-state index in [2.05, 4.69) is 17.0 Å². The Morgan fingerprint density at radius 1 is 1.21 bits per heavy atom. The second kappa shape index (κ2) is 4.43. The Balaban J connectivity index is 2.71. The molecule has 0 atom stereocenters. The van der Waals surface area contributed by atoms with Crippen LogP contribution in [0.15, 0.2) is 24.3 Å². The number of benzene rings is 1. The van der Waals surface area contributed by atoms with Crippen LogP contribution in [0.5, 0.6) is 5.75 Å². The van der Waals surface area contributed by atoms with Crippen LogP contribution in [0.1, 0.15) is 0 Å². The third-order valence-electron chi connectivity index (χ3n) is 1.26. The van der Waals surface area contributed by atoms with Crippen molar-refractivity contribution < 1.29 is 17.9 Å². The summed E-state index contributed by atoms with van der Waals surface area (Å²) in [7, 11) is 0. The Labute approximate surface area is 97.4 Å². The van der Waals surface area contributed by atoms with Crippen molar-refractivity contribution in [2.45, 2.75) is 6.18 Å². The first kappa shape index (κ1) is 11.7. The minimum atomic E-state index is -4.58. The number of hydrogen-bond acceptors (Lipinski definition) is 2. The van der Waals surface area contributed by atoms with Crippen LogP contribution in [0, 0.1) is 3.57 Å². The molecular weight excluding hydrogens is 328 g/mol. The lowest BCUT2D eigenvalue weighted by atomic mass is 10.3. The highest BCUT2D eigenvalue weighted by atomic mass is 127. The molecule has 0 N–H and O–H groups in total. The van der Waals surface area contributed by atoms with Gasteiger partial charge in [0, 0.05) is 3.57 Å². The zero-order valence-corrected chi connectivity index (χ0v) is 9.61. The molecule has 1 rings (SSSR count). The van der Waals surface area contributed by atoms with E-state index < -0.39 is 11.2 Å². The summed E-state index contributed by atoms with van der Waals surface area (Å²) in [6.07, 6.45) is -4.58. The maximum absolute atomic E-state index is 11.9. The van der Waals surface area contributed by atoms with E-state index in [0.29, 0.717) is 0 Å². The molecule has 76 valence electrons. The molecule has 0 aliphatic rings. The van der Waals surface area contributed by atoms with Gasteiger partial charge in [-0.1, -0.05) is 0 Å². The third kappa shape index (κ3) is 3.41. The normalized spacial score (nSPS) is 11.1. The second-order valence-corrected chi connectivity index (χ2v) is 3.96. The number of alkyl halides is 3. The van der Waals surface area contributed by atoms with Crippen molar-refractivity contribution in [1.29, 1.82) is 0 Å². The van der Waals surface area contributed by atoms with E-state index in [0.717, 1.165) is 3.57 Å². The molecule has 0 heterocycles. The van der Waals surface area contributed by atoms with Gasteiger partial charge in [0.2, 0.25) is 0 Å². The average molecular weight is 332 g/mol. The van der Waals surface area contributed by atoms with Crippen LogP contribution in [-0.2, 0) is 0 Å². The topological polar surface area (TPSA) is 9.23 Å². The van der Waals surface area contributed by atoms with Crippen molar-refractivity contribution in [1.82, 2.24) is 0 Å². The summed E-state index contributed by atoms with van der Waals surface area (Å²) >= 11 is 6.09. The Morgan fingerprint density at radius 3 is 2.14 bits per heavy atom. The quantitative estimate of drug-likeness (QED) is 0.575. The van der Waals surface area contributed by atoms with Crippen LogP contribution in [-0.4, -0.2) is 11.2 Å². The fourth-order valence-electron chi connectivity index (χ4n) is 0.668. The van der Waals surface area contributed by atoms with Gasteiger partial charge in [-0.2, -0.15) is 13.2 Å². The molecule has 1 aromatic carbocycles. The minimum Gasteiger partial charge on any atom is -0.442 e. The first-order valence-corrected chi connectivity index (χ1v) is 4.93. The molecule has 0 saturated heterocycles. The van der Waals surface area contributed by atoms with Crippen LogP contribution >= 0.6 is 34.8 Å². The van der Waals surface area contributed by atoms with Gasteiger partial charge >= 0.3 is 6.18 Å². The predicted molar refractivity (Wildman–Crippen MR) is 58.4 cm³/mol. The highest BCUT2D eigenvalue weighted by Gasteiger charge is 2.36. The summed E-state index contributed by atoms with van der Waals surface area (Å²) in [5.41, 5.74) is 0. The van der Waals surface area contributed by atoms with Crippen LogP contribution < -0.4 is 4.74 Å². The Kier molecular flexibility index (Phi) is 3.71. The third-order valence-corrected chi connectivity index (χ3v) is 2.29. The smallest absolute Gasteiger partial charge is 0.442 e. The van der Waals surface area contributed by atoms with Gasteiger partial charge in [0.1, 0.15) is 5.75 Å². The van der Waals surface area contributed by atoms with Crippen molar-refractivity contribution in [3.05, 3.63) is 27.8 Å². The van der Waals surface area contributed by atoms with Crippen molar-refractivity contribution in [2.75, 3.05) is 0 Å². The fourth-order valence-corrected chi connectivity index (χ4v) is 1.12. The molecule has 0 fully saturated rings. The molecular formula is C8H4F3IOS. The molecule has 1 nitrogen and oxygen atoms in total. The molecule has 0 bridgehead atoms. The summed E-state index contributed by atoms with van der Waals surface area (Å²) in [5.74, 6) is 0.0905. The van der Waals surface area contributed by atoms with Gasteiger partial charge in [-0.05, 0) is 59.1 Å². The van der Waals surface area contributed by atoms with Gasteiger partial charge in [-0.15, -0.1) is 0 Å². The van der Waals surface area contributed by atoms with E-state index in [4.69, 9.17) is 0 Å². The Morgan fingerprint density at radius 2 is 1.71 bits per heavy atom. The molecule has 14 heavy (non-hydrogen) atoms. The Hall–Kier alpha value is -0.370. The second-order valence-electron chi connectivity index (χ2n) is 2.34. The molecule has 0 spiro atoms. The number of halogens is 4. The molecule has 6 heteroatoms. The SMILES string of the molecule is FC(F)(F)C(=S)Oc1ccc(I)cc1. The first-order chi connectivity index (χ1) is 6.39. The molecule has 0 aliphatic carbocycles. The Bertz CT molecular complexity index is 333. The van der Waals surface area contributed by atoms with E-state index in [-0.39, 0.29) is 5.75 Å². The van der Waals surface area contributed by atoms with Crippen molar-refractivity contribution >= 4 is 39.9 Å². The van der Waals surface area contributed by atoms with Gasteiger partial charge in [0.25, 0.3) is 5.05 Å². The molecule has 0 saturated carbocycles. The summed E-state index contributed by atoms with van der Waals surface area (Å²) in [6, 6.07) is 6.13.